The fraction of sp³-hybridized carbons (Fsp3) is 0.343. The van der Waals surface area contributed by atoms with Crippen molar-refractivity contribution in [3.05, 3.63) is 93.5 Å². The van der Waals surface area contributed by atoms with Crippen LogP contribution in [0.1, 0.15) is 94.9 Å². The predicted molar refractivity (Wildman–Crippen MR) is 158 cm³/mol. The average Bonchev–Trinajstić information content (AvgIpc) is 2.92. The van der Waals surface area contributed by atoms with E-state index in [0.29, 0.717) is 17.9 Å². The summed E-state index contributed by atoms with van der Waals surface area (Å²) in [6, 6.07) is 16.4. The number of carbonyl (C=O) groups excluding carboxylic acids is 3. The van der Waals surface area contributed by atoms with Crippen LogP contribution in [-0.2, 0) is 11.3 Å². The molecular formula is C35H36O6. The summed E-state index contributed by atoms with van der Waals surface area (Å²) in [7, 11) is 0. The predicted octanol–water partition coefficient (Wildman–Crippen LogP) is 6.77. The van der Waals surface area contributed by atoms with E-state index in [9.17, 15) is 14.4 Å². The zero-order valence-corrected chi connectivity index (χ0v) is 24.7. The number of ketones is 3. The average molecular weight is 553 g/mol. The molecule has 0 N–H and O–H groups in total. The molecular weight excluding hydrogens is 516 g/mol. The number of hydrogen-bond acceptors (Lipinski definition) is 6. The van der Waals surface area contributed by atoms with Crippen LogP contribution >= 0.6 is 0 Å². The monoisotopic (exact) mass is 552 g/mol. The second-order valence-electron chi connectivity index (χ2n) is 10.9. The summed E-state index contributed by atoms with van der Waals surface area (Å²) >= 11 is 0. The van der Waals surface area contributed by atoms with Crippen molar-refractivity contribution >= 4 is 17.3 Å². The van der Waals surface area contributed by atoms with Crippen molar-refractivity contribution in [1.29, 1.82) is 0 Å². The molecule has 0 heterocycles. The maximum absolute atomic E-state index is 14.0. The van der Waals surface area contributed by atoms with Gasteiger partial charge in [0.25, 0.3) is 0 Å². The third-order valence-corrected chi connectivity index (χ3v) is 6.86. The van der Waals surface area contributed by atoms with Crippen LogP contribution in [-0.4, -0.2) is 35.7 Å². The smallest absolute Gasteiger partial charge is 0.239 e. The Morgan fingerprint density at radius 1 is 0.805 bits per heavy atom. The molecule has 41 heavy (non-hydrogen) atoms. The van der Waals surface area contributed by atoms with Crippen molar-refractivity contribution < 1.29 is 28.6 Å². The minimum absolute atomic E-state index is 0.0689. The molecule has 0 spiro atoms. The zero-order chi connectivity index (χ0) is 29.8. The van der Waals surface area contributed by atoms with Gasteiger partial charge in [-0.3, -0.25) is 14.4 Å². The zero-order valence-electron chi connectivity index (χ0n) is 24.7. The second-order valence-corrected chi connectivity index (χ2v) is 10.9. The van der Waals surface area contributed by atoms with Crippen molar-refractivity contribution in [1.82, 2.24) is 0 Å². The summed E-state index contributed by atoms with van der Waals surface area (Å²) in [4.78, 5) is 41.2. The number of hydrogen-bond donors (Lipinski definition) is 0. The molecule has 2 atom stereocenters. The van der Waals surface area contributed by atoms with E-state index in [4.69, 9.17) is 14.2 Å². The van der Waals surface area contributed by atoms with Crippen molar-refractivity contribution in [2.45, 2.75) is 73.4 Å². The third-order valence-electron chi connectivity index (χ3n) is 6.86. The van der Waals surface area contributed by atoms with Gasteiger partial charge in [0, 0.05) is 17.0 Å². The summed E-state index contributed by atoms with van der Waals surface area (Å²) in [6.45, 7) is 13.3. The standard InChI is InChI=1S/C35H36O6/c1-20(2)40-29-15-11-14-26-31(29)34(38)32-27(33(26)37)18-23(6)30(35(32)41-21(3)4)28(36)17-16-22(5)24(7)39-19-25-12-9-8-10-13-25/h8-15,18,20-22,24H,19H2,1-7H3/t22-,24-/m1/s1. The molecule has 3 aromatic carbocycles. The van der Waals surface area contributed by atoms with Gasteiger partial charge < -0.3 is 14.2 Å². The summed E-state index contributed by atoms with van der Waals surface area (Å²) in [5.41, 5.74) is 2.48. The van der Waals surface area contributed by atoms with Crippen LogP contribution in [0.15, 0.2) is 54.6 Å². The fourth-order valence-corrected chi connectivity index (χ4v) is 4.71. The van der Waals surface area contributed by atoms with Crippen molar-refractivity contribution in [3.8, 4) is 23.3 Å². The van der Waals surface area contributed by atoms with Crippen LogP contribution in [0.3, 0.4) is 0 Å². The van der Waals surface area contributed by atoms with E-state index in [1.807, 2.05) is 58.0 Å². The van der Waals surface area contributed by atoms with Gasteiger partial charge in [-0.15, -0.1) is 0 Å². The van der Waals surface area contributed by atoms with Crippen LogP contribution in [0, 0.1) is 24.7 Å². The minimum Gasteiger partial charge on any atom is -0.490 e. The highest BCUT2D eigenvalue weighted by Crippen LogP contribution is 2.41. The SMILES string of the molecule is Cc1cc2c(c(OC(C)C)c1C(=O)C#C[C@@H](C)[C@@H](C)OCc1ccccc1)C(=O)c1c(OC(C)C)cccc1C2=O. The van der Waals surface area contributed by atoms with Crippen molar-refractivity contribution in [2.24, 2.45) is 5.92 Å². The summed E-state index contributed by atoms with van der Waals surface area (Å²) < 4.78 is 18.0. The number of aryl methyl sites for hydroxylation is 1. The molecule has 0 bridgehead atoms. The normalized spacial score (nSPS) is 13.7. The molecule has 0 unspecified atom stereocenters. The van der Waals surface area contributed by atoms with Crippen molar-refractivity contribution in [3.63, 3.8) is 0 Å². The van der Waals surface area contributed by atoms with E-state index < -0.39 is 11.6 Å². The lowest BCUT2D eigenvalue weighted by Gasteiger charge is -2.26. The Morgan fingerprint density at radius 3 is 2.15 bits per heavy atom. The van der Waals surface area contributed by atoms with E-state index in [1.165, 1.54) is 0 Å². The highest BCUT2D eigenvalue weighted by molar-refractivity contribution is 6.31. The molecule has 3 aromatic rings. The number of Topliss-reactive ketones (excluding diaryl/α,β-unsaturated/α-hetero) is 1. The lowest BCUT2D eigenvalue weighted by molar-refractivity contribution is 0.0330. The molecule has 0 radical (unpaired) electrons. The topological polar surface area (TPSA) is 78.9 Å². The van der Waals surface area contributed by atoms with Gasteiger partial charge in [-0.25, -0.2) is 0 Å². The Kier molecular flexibility index (Phi) is 9.10. The van der Waals surface area contributed by atoms with Gasteiger partial charge in [0.2, 0.25) is 11.6 Å². The molecule has 1 aliphatic rings. The first kappa shape index (κ1) is 29.8. The lowest BCUT2D eigenvalue weighted by atomic mass is 9.80. The first-order valence-corrected chi connectivity index (χ1v) is 13.9. The molecule has 212 valence electrons. The van der Waals surface area contributed by atoms with E-state index >= 15 is 0 Å². The number of ether oxygens (including phenoxy) is 3. The van der Waals surface area contributed by atoms with E-state index in [-0.39, 0.29) is 63.6 Å². The van der Waals surface area contributed by atoms with Gasteiger partial charge in [-0.1, -0.05) is 48.4 Å². The Labute approximate surface area is 242 Å². The van der Waals surface area contributed by atoms with Gasteiger partial charge in [0.15, 0.2) is 5.78 Å². The van der Waals surface area contributed by atoms with Gasteiger partial charge in [-0.2, -0.15) is 0 Å². The Bertz CT molecular complexity index is 1540. The van der Waals surface area contributed by atoms with Crippen LogP contribution in [0.5, 0.6) is 11.5 Å². The number of rotatable bonds is 9. The highest BCUT2D eigenvalue weighted by atomic mass is 16.5. The van der Waals surface area contributed by atoms with Crippen LogP contribution in [0.4, 0.5) is 0 Å². The molecule has 6 nitrogen and oxygen atoms in total. The van der Waals surface area contributed by atoms with Crippen LogP contribution < -0.4 is 9.47 Å². The third kappa shape index (κ3) is 6.42. The first-order valence-electron chi connectivity index (χ1n) is 13.9. The highest BCUT2D eigenvalue weighted by Gasteiger charge is 2.38. The Morgan fingerprint density at radius 2 is 1.49 bits per heavy atom. The van der Waals surface area contributed by atoms with Crippen LogP contribution in [0.25, 0.3) is 0 Å². The summed E-state index contributed by atoms with van der Waals surface area (Å²) in [6.07, 6.45) is -0.789. The molecule has 1 aliphatic carbocycles. The molecule has 0 amide bonds. The Hall–Kier alpha value is -4.21. The van der Waals surface area contributed by atoms with E-state index in [2.05, 4.69) is 11.8 Å². The lowest BCUT2D eigenvalue weighted by Crippen LogP contribution is -2.26. The molecule has 0 fully saturated rings. The molecule has 0 saturated heterocycles. The minimum atomic E-state index is -0.485. The van der Waals surface area contributed by atoms with Gasteiger partial charge in [0.05, 0.1) is 41.6 Å². The van der Waals surface area contributed by atoms with Gasteiger partial charge in [0.1, 0.15) is 11.5 Å². The van der Waals surface area contributed by atoms with E-state index in [0.717, 1.165) is 5.56 Å². The van der Waals surface area contributed by atoms with Crippen molar-refractivity contribution in [2.75, 3.05) is 0 Å². The maximum atomic E-state index is 14.0. The molecule has 0 saturated carbocycles. The second kappa shape index (κ2) is 12.5. The summed E-state index contributed by atoms with van der Waals surface area (Å²) in [5.74, 6) is 4.72. The molecule has 0 aliphatic heterocycles. The number of fused-ring (bicyclic) bond motifs is 2. The molecule has 4 rings (SSSR count). The summed E-state index contributed by atoms with van der Waals surface area (Å²) in [5, 5.41) is 0. The van der Waals surface area contributed by atoms with Gasteiger partial charge >= 0.3 is 0 Å². The number of benzene rings is 3. The quantitative estimate of drug-likeness (QED) is 0.130. The first-order chi connectivity index (χ1) is 19.5. The fourth-order valence-electron chi connectivity index (χ4n) is 4.71. The largest absolute Gasteiger partial charge is 0.490 e. The Balaban J connectivity index is 1.72. The van der Waals surface area contributed by atoms with E-state index in [1.54, 1.807) is 45.0 Å². The molecule has 0 aromatic heterocycles. The number of carbonyl (C=O) groups is 3. The molecule has 6 heteroatoms. The maximum Gasteiger partial charge on any atom is 0.239 e. The van der Waals surface area contributed by atoms with Gasteiger partial charge in [-0.05, 0) is 77.6 Å². The van der Waals surface area contributed by atoms with Crippen LogP contribution in [0.2, 0.25) is 0 Å².